The minimum absolute atomic E-state index is 0.135. The number of piperidine rings is 1. The van der Waals surface area contributed by atoms with Crippen LogP contribution in [0.1, 0.15) is 25.5 Å². The number of hydrogen-bond acceptors (Lipinski definition) is 6. The van der Waals surface area contributed by atoms with Gasteiger partial charge in [-0.3, -0.25) is 4.79 Å². The number of amides is 1. The Balaban J connectivity index is 1.55. The predicted octanol–water partition coefficient (Wildman–Crippen LogP) is 2.99. The molecule has 1 fully saturated rings. The Morgan fingerprint density at radius 2 is 2.18 bits per heavy atom. The molecule has 22 heavy (non-hydrogen) atoms. The lowest BCUT2D eigenvalue weighted by atomic mass is 9.99. The van der Waals surface area contributed by atoms with Gasteiger partial charge in [-0.15, -0.1) is 10.2 Å². The van der Waals surface area contributed by atoms with Crippen molar-refractivity contribution in [3.63, 3.8) is 0 Å². The van der Waals surface area contributed by atoms with E-state index in [1.165, 1.54) is 11.8 Å². The summed E-state index contributed by atoms with van der Waals surface area (Å²) in [7, 11) is 0. The first-order valence-electron chi connectivity index (χ1n) is 7.42. The minimum Gasteiger partial charge on any atom is -0.469 e. The van der Waals surface area contributed by atoms with Crippen molar-refractivity contribution in [2.75, 3.05) is 18.8 Å². The van der Waals surface area contributed by atoms with Crippen LogP contribution in [0.5, 0.6) is 0 Å². The Bertz CT molecular complexity index is 644. The Kier molecular flexibility index (Phi) is 4.52. The standard InChI is InChI=1S/C15H19N3O3S/c1-10-3-6-18(7-4-10)13(19)9-22-15-17-16-14(21-15)12-5-8-20-11(12)2/h5,8,10H,3-4,6-7,9H2,1-2H3. The number of rotatable bonds is 4. The summed E-state index contributed by atoms with van der Waals surface area (Å²) in [5.41, 5.74) is 0.788. The molecular formula is C15H19N3O3S. The molecule has 0 N–H and O–H groups in total. The fourth-order valence-corrected chi connectivity index (χ4v) is 3.12. The van der Waals surface area contributed by atoms with Gasteiger partial charge in [0.25, 0.3) is 11.1 Å². The van der Waals surface area contributed by atoms with Crippen LogP contribution in [0.15, 0.2) is 26.4 Å². The second-order valence-electron chi connectivity index (χ2n) is 5.62. The topological polar surface area (TPSA) is 72.4 Å². The van der Waals surface area contributed by atoms with Crippen molar-refractivity contribution in [1.82, 2.24) is 15.1 Å². The highest BCUT2D eigenvalue weighted by atomic mass is 32.2. The molecule has 0 atom stereocenters. The van der Waals surface area contributed by atoms with E-state index in [9.17, 15) is 4.79 Å². The molecule has 6 nitrogen and oxygen atoms in total. The van der Waals surface area contributed by atoms with Gasteiger partial charge < -0.3 is 13.7 Å². The third-order valence-electron chi connectivity index (χ3n) is 3.95. The van der Waals surface area contributed by atoms with Gasteiger partial charge in [0.1, 0.15) is 5.76 Å². The van der Waals surface area contributed by atoms with Crippen molar-refractivity contribution < 1.29 is 13.6 Å². The monoisotopic (exact) mass is 321 g/mol. The summed E-state index contributed by atoms with van der Waals surface area (Å²) in [6, 6.07) is 1.79. The first-order chi connectivity index (χ1) is 10.6. The number of likely N-dealkylation sites (tertiary alicyclic amines) is 1. The molecule has 1 saturated heterocycles. The number of carbonyl (C=O) groups excluding carboxylic acids is 1. The highest BCUT2D eigenvalue weighted by molar-refractivity contribution is 7.99. The molecule has 0 spiro atoms. The van der Waals surface area contributed by atoms with Gasteiger partial charge in [0.2, 0.25) is 5.91 Å². The molecule has 0 bridgehead atoms. The van der Waals surface area contributed by atoms with Gasteiger partial charge in [-0.1, -0.05) is 18.7 Å². The molecule has 0 aliphatic carbocycles. The maximum absolute atomic E-state index is 12.2. The maximum atomic E-state index is 12.2. The van der Waals surface area contributed by atoms with Gasteiger partial charge in [0, 0.05) is 13.1 Å². The smallest absolute Gasteiger partial charge is 0.277 e. The SMILES string of the molecule is Cc1occc1-c1nnc(SCC(=O)N2CCC(C)CC2)o1. The first-order valence-corrected chi connectivity index (χ1v) is 8.40. The Labute approximate surface area is 133 Å². The Morgan fingerprint density at radius 3 is 2.86 bits per heavy atom. The van der Waals surface area contributed by atoms with E-state index in [4.69, 9.17) is 8.83 Å². The molecule has 0 saturated carbocycles. The van der Waals surface area contributed by atoms with Crippen molar-refractivity contribution >= 4 is 17.7 Å². The molecule has 1 aliphatic rings. The molecule has 1 aliphatic heterocycles. The number of thioether (sulfide) groups is 1. The molecule has 0 unspecified atom stereocenters. The summed E-state index contributed by atoms with van der Waals surface area (Å²) in [5.74, 6) is 2.34. The summed E-state index contributed by atoms with van der Waals surface area (Å²) in [6.07, 6.45) is 3.75. The van der Waals surface area contributed by atoms with Gasteiger partial charge >= 0.3 is 0 Å². The Morgan fingerprint density at radius 1 is 1.41 bits per heavy atom. The van der Waals surface area contributed by atoms with E-state index >= 15 is 0 Å². The van der Waals surface area contributed by atoms with Crippen LogP contribution in [0.25, 0.3) is 11.5 Å². The zero-order chi connectivity index (χ0) is 15.5. The molecule has 7 heteroatoms. The zero-order valence-corrected chi connectivity index (χ0v) is 13.6. The van der Waals surface area contributed by atoms with Gasteiger partial charge in [-0.2, -0.15) is 0 Å². The first kappa shape index (κ1) is 15.1. The summed E-state index contributed by atoms with van der Waals surface area (Å²) < 4.78 is 10.8. The Hall–Kier alpha value is -1.76. The number of nitrogens with zero attached hydrogens (tertiary/aromatic N) is 3. The van der Waals surface area contributed by atoms with Crippen LogP contribution in [-0.2, 0) is 4.79 Å². The van der Waals surface area contributed by atoms with E-state index in [-0.39, 0.29) is 5.91 Å². The fraction of sp³-hybridized carbons (Fsp3) is 0.533. The van der Waals surface area contributed by atoms with Crippen molar-refractivity contribution in [3.8, 4) is 11.5 Å². The fourth-order valence-electron chi connectivity index (χ4n) is 2.46. The van der Waals surface area contributed by atoms with Crippen LogP contribution in [0.4, 0.5) is 0 Å². The number of aromatic nitrogens is 2. The third kappa shape index (κ3) is 3.35. The molecule has 3 rings (SSSR count). The molecule has 2 aromatic heterocycles. The number of hydrogen-bond donors (Lipinski definition) is 0. The van der Waals surface area contributed by atoms with E-state index in [0.717, 1.165) is 37.3 Å². The van der Waals surface area contributed by atoms with Crippen molar-refractivity contribution in [1.29, 1.82) is 0 Å². The second kappa shape index (κ2) is 6.56. The molecule has 0 radical (unpaired) electrons. The van der Waals surface area contributed by atoms with Crippen LogP contribution >= 0.6 is 11.8 Å². The summed E-state index contributed by atoms with van der Waals surface area (Å²) >= 11 is 1.28. The van der Waals surface area contributed by atoms with Crippen molar-refractivity contribution in [3.05, 3.63) is 18.1 Å². The molecule has 1 amide bonds. The summed E-state index contributed by atoms with van der Waals surface area (Å²) in [6.45, 7) is 5.77. The lowest BCUT2D eigenvalue weighted by Crippen LogP contribution is -2.38. The van der Waals surface area contributed by atoms with Crippen LogP contribution in [0.3, 0.4) is 0 Å². The van der Waals surface area contributed by atoms with Crippen LogP contribution in [0, 0.1) is 12.8 Å². The van der Waals surface area contributed by atoms with Gasteiger partial charge in [0.15, 0.2) is 0 Å². The third-order valence-corrected chi connectivity index (χ3v) is 4.75. The van der Waals surface area contributed by atoms with E-state index in [0.29, 0.717) is 22.8 Å². The number of carbonyl (C=O) groups is 1. The van der Waals surface area contributed by atoms with E-state index in [2.05, 4.69) is 17.1 Å². The predicted molar refractivity (Wildman–Crippen MR) is 82.4 cm³/mol. The van der Waals surface area contributed by atoms with E-state index in [1.54, 1.807) is 12.3 Å². The van der Waals surface area contributed by atoms with Gasteiger partial charge in [-0.25, -0.2) is 0 Å². The lowest BCUT2D eigenvalue weighted by Gasteiger charge is -2.30. The average Bonchev–Trinajstić information content (AvgIpc) is 3.14. The van der Waals surface area contributed by atoms with Gasteiger partial charge in [0.05, 0.1) is 17.6 Å². The van der Waals surface area contributed by atoms with E-state index in [1.807, 2.05) is 11.8 Å². The van der Waals surface area contributed by atoms with Crippen LogP contribution < -0.4 is 0 Å². The maximum Gasteiger partial charge on any atom is 0.277 e. The molecule has 3 heterocycles. The highest BCUT2D eigenvalue weighted by Crippen LogP contribution is 2.26. The van der Waals surface area contributed by atoms with Gasteiger partial charge in [-0.05, 0) is 31.7 Å². The molecule has 118 valence electrons. The van der Waals surface area contributed by atoms with Crippen molar-refractivity contribution in [2.24, 2.45) is 5.92 Å². The zero-order valence-electron chi connectivity index (χ0n) is 12.7. The largest absolute Gasteiger partial charge is 0.469 e. The van der Waals surface area contributed by atoms with Crippen LogP contribution in [-0.4, -0.2) is 39.8 Å². The molecule has 2 aromatic rings. The highest BCUT2D eigenvalue weighted by Gasteiger charge is 2.21. The lowest BCUT2D eigenvalue weighted by molar-refractivity contribution is -0.129. The van der Waals surface area contributed by atoms with Crippen molar-refractivity contribution in [2.45, 2.75) is 31.9 Å². The molecular weight excluding hydrogens is 302 g/mol. The molecule has 0 aromatic carbocycles. The second-order valence-corrected chi connectivity index (χ2v) is 6.54. The normalized spacial score (nSPS) is 16.2. The average molecular weight is 321 g/mol. The summed E-state index contributed by atoms with van der Waals surface area (Å²) in [5, 5.41) is 8.39. The van der Waals surface area contributed by atoms with Crippen LogP contribution in [0.2, 0.25) is 0 Å². The van der Waals surface area contributed by atoms with E-state index < -0.39 is 0 Å². The number of aryl methyl sites for hydroxylation is 1. The minimum atomic E-state index is 0.135. The summed E-state index contributed by atoms with van der Waals surface area (Å²) in [4.78, 5) is 14.1. The quantitative estimate of drug-likeness (QED) is 0.806. The number of furan rings is 1.